The number of thioether (sulfide) groups is 1. The van der Waals surface area contributed by atoms with Gasteiger partial charge in [-0.2, -0.15) is 11.8 Å². The second kappa shape index (κ2) is 4.96. The van der Waals surface area contributed by atoms with Crippen LogP contribution in [0.1, 0.15) is 6.92 Å². The van der Waals surface area contributed by atoms with Gasteiger partial charge in [0, 0.05) is 0 Å². The van der Waals surface area contributed by atoms with Crippen LogP contribution in [-0.4, -0.2) is 58.3 Å². The summed E-state index contributed by atoms with van der Waals surface area (Å²) in [5.41, 5.74) is 0. The first-order valence-corrected chi connectivity index (χ1v) is 5.96. The second-order valence-corrected chi connectivity index (χ2v) is 5.00. The lowest BCUT2D eigenvalue weighted by atomic mass is 10.1. The van der Waals surface area contributed by atoms with E-state index < -0.39 is 6.10 Å². The maximum Gasteiger partial charge on any atom is 0.136 e. The van der Waals surface area contributed by atoms with E-state index in [-0.39, 0.29) is 17.6 Å². The highest BCUT2D eigenvalue weighted by molar-refractivity contribution is 7.99. The Labute approximate surface area is 92.0 Å². The van der Waals surface area contributed by atoms with Crippen LogP contribution in [0, 0.1) is 0 Å². The molecule has 2 aliphatic heterocycles. The third-order valence-electron chi connectivity index (χ3n) is 2.57. The molecule has 0 aromatic carbocycles. The lowest BCUT2D eigenvalue weighted by Crippen LogP contribution is -2.35. The summed E-state index contributed by atoms with van der Waals surface area (Å²) in [7, 11) is 0. The van der Waals surface area contributed by atoms with Crippen molar-refractivity contribution in [2.24, 2.45) is 0 Å². The van der Waals surface area contributed by atoms with E-state index in [2.05, 4.69) is 6.92 Å². The summed E-state index contributed by atoms with van der Waals surface area (Å²) in [6, 6.07) is 0. The molecule has 0 aliphatic carbocycles. The molecule has 6 nitrogen and oxygen atoms in total. The van der Waals surface area contributed by atoms with Crippen molar-refractivity contribution in [3.05, 3.63) is 0 Å². The fourth-order valence-electron chi connectivity index (χ4n) is 2.00. The normalized spacial score (nSPS) is 40.0. The van der Waals surface area contributed by atoms with E-state index in [1.807, 2.05) is 0 Å². The van der Waals surface area contributed by atoms with E-state index >= 15 is 0 Å². The van der Waals surface area contributed by atoms with Crippen LogP contribution in [0.2, 0.25) is 0 Å². The molecule has 88 valence electrons. The number of hydrogen-bond donors (Lipinski definition) is 2. The third kappa shape index (κ3) is 2.44. The van der Waals surface area contributed by atoms with E-state index in [0.29, 0.717) is 18.5 Å². The average molecular weight is 237 g/mol. The van der Waals surface area contributed by atoms with E-state index in [1.54, 1.807) is 11.8 Å². The average Bonchev–Trinajstić information content (AvgIpc) is 2.71. The minimum Gasteiger partial charge on any atom is -0.371 e. The number of nitrogens with zero attached hydrogens (tertiary/aromatic N) is 1. The van der Waals surface area contributed by atoms with Crippen molar-refractivity contribution < 1.29 is 24.7 Å². The third-order valence-corrected chi connectivity index (χ3v) is 3.74. The summed E-state index contributed by atoms with van der Waals surface area (Å²) in [4.78, 5) is 4.74. The standard InChI is InChI=1S/C8H15NO5S/c1-2-15-6-4-13-7-5(14-9(10)11)3-12-8(6)7/h5-8,10-11H,2-4H2,1H3/t5-,6-,7-,8-/m1/s1. The van der Waals surface area contributed by atoms with Gasteiger partial charge in [-0.05, 0) is 5.75 Å². The molecule has 0 radical (unpaired) electrons. The molecular weight excluding hydrogens is 222 g/mol. The summed E-state index contributed by atoms with van der Waals surface area (Å²) >= 11 is 1.79. The monoisotopic (exact) mass is 237 g/mol. The first-order valence-electron chi connectivity index (χ1n) is 4.92. The predicted octanol–water partition coefficient (Wildman–Crippen LogP) is 0.286. The Hall–Kier alpha value is 0.110. The predicted molar refractivity (Wildman–Crippen MR) is 51.7 cm³/mol. The number of ether oxygens (including phenoxy) is 2. The van der Waals surface area contributed by atoms with Crippen LogP contribution in [0.5, 0.6) is 0 Å². The zero-order valence-electron chi connectivity index (χ0n) is 8.41. The van der Waals surface area contributed by atoms with Gasteiger partial charge >= 0.3 is 0 Å². The van der Waals surface area contributed by atoms with Crippen LogP contribution in [0.3, 0.4) is 0 Å². The number of fused-ring (bicyclic) bond motifs is 1. The minimum absolute atomic E-state index is 0.0000926. The zero-order valence-corrected chi connectivity index (χ0v) is 9.22. The Bertz CT molecular complexity index is 217. The van der Waals surface area contributed by atoms with E-state index in [9.17, 15) is 0 Å². The topological polar surface area (TPSA) is 71.4 Å². The molecule has 2 rings (SSSR count). The summed E-state index contributed by atoms with van der Waals surface area (Å²) in [5.74, 6) is 1.01. The van der Waals surface area contributed by atoms with Gasteiger partial charge in [-0.25, -0.2) is 4.84 Å². The van der Waals surface area contributed by atoms with Crippen LogP contribution in [-0.2, 0) is 14.3 Å². The highest BCUT2D eigenvalue weighted by Crippen LogP contribution is 2.34. The molecule has 7 heteroatoms. The van der Waals surface area contributed by atoms with Gasteiger partial charge in [-0.1, -0.05) is 6.92 Å². The highest BCUT2D eigenvalue weighted by atomic mass is 32.2. The van der Waals surface area contributed by atoms with Crippen LogP contribution in [0.15, 0.2) is 0 Å². The van der Waals surface area contributed by atoms with Gasteiger partial charge in [0.15, 0.2) is 0 Å². The van der Waals surface area contributed by atoms with Crippen LogP contribution < -0.4 is 0 Å². The lowest BCUT2D eigenvalue weighted by molar-refractivity contribution is -0.507. The molecule has 0 amide bonds. The fourth-order valence-corrected chi connectivity index (χ4v) is 3.02. The summed E-state index contributed by atoms with van der Waals surface area (Å²) in [6.45, 7) is 3.04. The molecule has 15 heavy (non-hydrogen) atoms. The summed E-state index contributed by atoms with van der Waals surface area (Å²) in [5, 5.41) is 17.1. The molecule has 0 bridgehead atoms. The molecule has 2 fully saturated rings. The molecule has 0 aromatic rings. The van der Waals surface area contributed by atoms with Gasteiger partial charge in [-0.15, -0.1) is 0 Å². The molecule has 2 N–H and O–H groups in total. The molecular formula is C8H15NO5S. The van der Waals surface area contributed by atoms with Crippen molar-refractivity contribution in [1.29, 1.82) is 0 Å². The smallest absolute Gasteiger partial charge is 0.136 e. The van der Waals surface area contributed by atoms with Crippen LogP contribution in [0.4, 0.5) is 0 Å². The highest BCUT2D eigenvalue weighted by Gasteiger charge is 2.49. The van der Waals surface area contributed by atoms with Crippen LogP contribution >= 0.6 is 11.8 Å². The molecule has 4 atom stereocenters. The first-order chi connectivity index (χ1) is 7.22. The molecule has 2 saturated heterocycles. The van der Waals surface area contributed by atoms with Crippen molar-refractivity contribution >= 4 is 11.8 Å². The quantitative estimate of drug-likeness (QED) is 0.681. The Balaban J connectivity index is 1.90. The van der Waals surface area contributed by atoms with E-state index in [1.165, 1.54) is 0 Å². The van der Waals surface area contributed by atoms with Gasteiger partial charge in [-0.3, -0.25) is 10.4 Å². The van der Waals surface area contributed by atoms with Crippen molar-refractivity contribution in [2.75, 3.05) is 19.0 Å². The maximum atomic E-state index is 8.55. The van der Waals surface area contributed by atoms with Gasteiger partial charge < -0.3 is 9.47 Å². The van der Waals surface area contributed by atoms with Gasteiger partial charge in [0.05, 0.1) is 23.9 Å². The van der Waals surface area contributed by atoms with Crippen molar-refractivity contribution in [3.63, 3.8) is 0 Å². The molecule has 0 saturated carbocycles. The summed E-state index contributed by atoms with van der Waals surface area (Å²) in [6.07, 6.45) is -0.636. The maximum absolute atomic E-state index is 8.55. The molecule has 0 spiro atoms. The summed E-state index contributed by atoms with van der Waals surface area (Å²) < 4.78 is 11.1. The Kier molecular flexibility index (Phi) is 3.83. The molecule has 0 unspecified atom stereocenters. The molecule has 2 heterocycles. The SMILES string of the molecule is CCS[C@@H]1CO[C@H]2[C@@H]1OC[C@H]2ON(O)O. The minimum atomic E-state index is -0.438. The number of hydrogen-bond acceptors (Lipinski definition) is 7. The second-order valence-electron chi connectivity index (χ2n) is 3.49. The van der Waals surface area contributed by atoms with Gasteiger partial charge in [0.1, 0.15) is 18.3 Å². The van der Waals surface area contributed by atoms with Crippen molar-refractivity contribution in [3.8, 4) is 0 Å². The van der Waals surface area contributed by atoms with Crippen molar-refractivity contribution in [2.45, 2.75) is 30.5 Å². The fraction of sp³-hybridized carbons (Fsp3) is 1.00. The van der Waals surface area contributed by atoms with E-state index in [0.717, 1.165) is 5.75 Å². The first kappa shape index (κ1) is 11.6. The Morgan fingerprint density at radius 3 is 2.73 bits per heavy atom. The Morgan fingerprint density at radius 2 is 2.07 bits per heavy atom. The van der Waals surface area contributed by atoms with Crippen LogP contribution in [0.25, 0.3) is 0 Å². The van der Waals surface area contributed by atoms with Gasteiger partial charge in [0.25, 0.3) is 0 Å². The number of rotatable bonds is 4. The lowest BCUT2D eigenvalue weighted by Gasteiger charge is -2.17. The largest absolute Gasteiger partial charge is 0.371 e. The van der Waals surface area contributed by atoms with Crippen molar-refractivity contribution in [1.82, 2.24) is 5.39 Å². The molecule has 0 aromatic heterocycles. The van der Waals surface area contributed by atoms with Gasteiger partial charge in [0.2, 0.25) is 0 Å². The van der Waals surface area contributed by atoms with E-state index in [4.69, 9.17) is 24.7 Å². The Morgan fingerprint density at radius 1 is 1.33 bits per heavy atom. The zero-order chi connectivity index (χ0) is 10.8. The molecule has 2 aliphatic rings.